The number of carboxylic acid groups (broad SMARTS) is 1. The Kier molecular flexibility index (Phi) is 3.91. The molecule has 23 heavy (non-hydrogen) atoms. The summed E-state index contributed by atoms with van der Waals surface area (Å²) in [7, 11) is 0. The molecular weight excluding hydrogens is 294 g/mol. The monoisotopic (exact) mass is 309 g/mol. The molecule has 2 N–H and O–H groups in total. The number of rotatable bonds is 4. The number of aromatic nitrogens is 3. The van der Waals surface area contributed by atoms with Crippen molar-refractivity contribution in [2.45, 2.75) is 13.5 Å². The van der Waals surface area contributed by atoms with E-state index >= 15 is 0 Å². The van der Waals surface area contributed by atoms with Gasteiger partial charge >= 0.3 is 5.97 Å². The number of aromatic carboxylic acids is 1. The van der Waals surface area contributed by atoms with Crippen LogP contribution in [0.2, 0.25) is 0 Å². The lowest BCUT2D eigenvalue weighted by Crippen LogP contribution is -2.03. The Morgan fingerprint density at radius 3 is 2.57 bits per heavy atom. The van der Waals surface area contributed by atoms with Gasteiger partial charge in [-0.1, -0.05) is 41.1 Å². The van der Waals surface area contributed by atoms with Crippen molar-refractivity contribution >= 4 is 5.97 Å². The SMILES string of the molecule is Cc1ccc(-c2c(CO)nnn2-c2cccc(C(=O)O)c2)cc1. The van der Waals surface area contributed by atoms with Crippen LogP contribution in [0.1, 0.15) is 21.6 Å². The fraction of sp³-hybridized carbons (Fsp3) is 0.118. The summed E-state index contributed by atoms with van der Waals surface area (Å²) in [5.74, 6) is -1.01. The van der Waals surface area contributed by atoms with Gasteiger partial charge in [-0.25, -0.2) is 9.48 Å². The Morgan fingerprint density at radius 2 is 1.91 bits per heavy atom. The van der Waals surface area contributed by atoms with Crippen molar-refractivity contribution in [2.24, 2.45) is 0 Å². The Morgan fingerprint density at radius 1 is 1.17 bits per heavy atom. The molecule has 1 aromatic heterocycles. The van der Waals surface area contributed by atoms with Crippen LogP contribution < -0.4 is 0 Å². The van der Waals surface area contributed by atoms with E-state index in [1.54, 1.807) is 16.8 Å². The first-order valence-electron chi connectivity index (χ1n) is 7.06. The largest absolute Gasteiger partial charge is 0.478 e. The second kappa shape index (κ2) is 6.02. The molecule has 0 atom stereocenters. The summed E-state index contributed by atoms with van der Waals surface area (Å²) in [6, 6.07) is 14.2. The smallest absolute Gasteiger partial charge is 0.335 e. The van der Waals surface area contributed by atoms with Gasteiger partial charge in [0.05, 0.1) is 17.9 Å². The average molecular weight is 309 g/mol. The van der Waals surface area contributed by atoms with Crippen LogP contribution in [0.4, 0.5) is 0 Å². The highest BCUT2D eigenvalue weighted by Crippen LogP contribution is 2.26. The molecule has 0 fully saturated rings. The summed E-state index contributed by atoms with van der Waals surface area (Å²) >= 11 is 0. The van der Waals surface area contributed by atoms with Gasteiger partial charge in [0.1, 0.15) is 11.4 Å². The van der Waals surface area contributed by atoms with Crippen molar-refractivity contribution in [3.8, 4) is 16.9 Å². The molecule has 0 saturated heterocycles. The van der Waals surface area contributed by atoms with Crippen molar-refractivity contribution in [1.82, 2.24) is 15.0 Å². The van der Waals surface area contributed by atoms with Crippen LogP contribution in [0.3, 0.4) is 0 Å². The van der Waals surface area contributed by atoms with E-state index < -0.39 is 5.97 Å². The first-order valence-corrected chi connectivity index (χ1v) is 7.06. The number of carboxylic acids is 1. The maximum atomic E-state index is 11.2. The number of nitrogens with zero attached hydrogens (tertiary/aromatic N) is 3. The molecular formula is C17H15N3O3. The third-order valence-electron chi connectivity index (χ3n) is 3.55. The average Bonchev–Trinajstić information content (AvgIpc) is 2.99. The predicted octanol–water partition coefficient (Wildman–Crippen LogP) is 2.43. The quantitative estimate of drug-likeness (QED) is 0.772. The van der Waals surface area contributed by atoms with Crippen LogP contribution in [0.15, 0.2) is 48.5 Å². The molecule has 0 radical (unpaired) electrons. The molecule has 0 bridgehead atoms. The Bertz CT molecular complexity index is 854. The van der Waals surface area contributed by atoms with Crippen molar-refractivity contribution in [2.75, 3.05) is 0 Å². The van der Waals surface area contributed by atoms with Gasteiger partial charge in [0.2, 0.25) is 0 Å². The van der Waals surface area contributed by atoms with Gasteiger partial charge in [0.15, 0.2) is 0 Å². The van der Waals surface area contributed by atoms with E-state index in [9.17, 15) is 9.90 Å². The molecule has 0 aliphatic rings. The molecule has 0 spiro atoms. The van der Waals surface area contributed by atoms with E-state index in [1.165, 1.54) is 12.1 Å². The zero-order chi connectivity index (χ0) is 16.4. The second-order valence-corrected chi connectivity index (χ2v) is 5.18. The number of aliphatic hydroxyl groups excluding tert-OH is 1. The van der Waals surface area contributed by atoms with Gasteiger partial charge in [0.25, 0.3) is 0 Å². The third kappa shape index (κ3) is 2.84. The normalized spacial score (nSPS) is 10.7. The number of hydrogen-bond donors (Lipinski definition) is 2. The third-order valence-corrected chi connectivity index (χ3v) is 3.55. The first kappa shape index (κ1) is 14.9. The zero-order valence-corrected chi connectivity index (χ0v) is 12.5. The van der Waals surface area contributed by atoms with E-state index in [2.05, 4.69) is 10.3 Å². The van der Waals surface area contributed by atoms with Crippen LogP contribution in [0, 0.1) is 6.92 Å². The molecule has 6 nitrogen and oxygen atoms in total. The molecule has 0 aliphatic heterocycles. The van der Waals surface area contributed by atoms with Crippen LogP contribution in [0.25, 0.3) is 16.9 Å². The highest BCUT2D eigenvalue weighted by atomic mass is 16.4. The molecule has 6 heteroatoms. The zero-order valence-electron chi connectivity index (χ0n) is 12.5. The summed E-state index contributed by atoms with van der Waals surface area (Å²) in [4.78, 5) is 11.2. The molecule has 0 amide bonds. The summed E-state index contributed by atoms with van der Waals surface area (Å²) in [6.45, 7) is 1.74. The van der Waals surface area contributed by atoms with Crippen molar-refractivity contribution < 1.29 is 15.0 Å². The highest BCUT2D eigenvalue weighted by Gasteiger charge is 2.16. The summed E-state index contributed by atoms with van der Waals surface area (Å²) < 4.78 is 1.54. The van der Waals surface area contributed by atoms with E-state index in [0.29, 0.717) is 17.1 Å². The molecule has 1 heterocycles. The lowest BCUT2D eigenvalue weighted by atomic mass is 10.1. The molecule has 0 unspecified atom stereocenters. The van der Waals surface area contributed by atoms with E-state index in [-0.39, 0.29) is 12.2 Å². The fourth-order valence-corrected chi connectivity index (χ4v) is 2.37. The van der Waals surface area contributed by atoms with E-state index in [0.717, 1.165) is 11.1 Å². The van der Waals surface area contributed by atoms with Gasteiger partial charge in [-0.2, -0.15) is 0 Å². The number of carbonyl (C=O) groups is 1. The van der Waals surface area contributed by atoms with Gasteiger partial charge in [-0.05, 0) is 25.1 Å². The highest BCUT2D eigenvalue weighted by molar-refractivity contribution is 5.88. The molecule has 0 saturated carbocycles. The number of aryl methyl sites for hydroxylation is 1. The minimum absolute atomic E-state index is 0.165. The maximum absolute atomic E-state index is 11.2. The van der Waals surface area contributed by atoms with Crippen molar-refractivity contribution in [3.63, 3.8) is 0 Å². The molecule has 3 aromatic rings. The van der Waals surface area contributed by atoms with E-state index in [4.69, 9.17) is 5.11 Å². The van der Waals surface area contributed by atoms with E-state index in [1.807, 2.05) is 31.2 Å². The fourth-order valence-electron chi connectivity index (χ4n) is 2.37. The molecule has 116 valence electrons. The standard InChI is InChI=1S/C17H15N3O3/c1-11-5-7-12(8-6-11)16-15(10-21)18-19-20(16)14-4-2-3-13(9-14)17(22)23/h2-9,21H,10H2,1H3,(H,22,23). The summed E-state index contributed by atoms with van der Waals surface area (Å²) in [6.07, 6.45) is 0. The minimum Gasteiger partial charge on any atom is -0.478 e. The number of benzene rings is 2. The van der Waals surface area contributed by atoms with Gasteiger partial charge in [-0.3, -0.25) is 0 Å². The predicted molar refractivity (Wildman–Crippen MR) is 84.4 cm³/mol. The number of hydrogen-bond acceptors (Lipinski definition) is 4. The van der Waals surface area contributed by atoms with Crippen LogP contribution >= 0.6 is 0 Å². The lowest BCUT2D eigenvalue weighted by molar-refractivity contribution is 0.0697. The Labute approximate surface area is 132 Å². The number of aliphatic hydroxyl groups is 1. The summed E-state index contributed by atoms with van der Waals surface area (Å²) in [5.41, 5.74) is 3.80. The van der Waals surface area contributed by atoms with Gasteiger partial charge in [-0.15, -0.1) is 5.10 Å². The van der Waals surface area contributed by atoms with Crippen molar-refractivity contribution in [3.05, 3.63) is 65.4 Å². The Balaban J connectivity index is 2.17. The van der Waals surface area contributed by atoms with Crippen LogP contribution in [-0.4, -0.2) is 31.2 Å². The lowest BCUT2D eigenvalue weighted by Gasteiger charge is -2.09. The van der Waals surface area contributed by atoms with Gasteiger partial charge < -0.3 is 10.2 Å². The van der Waals surface area contributed by atoms with Crippen LogP contribution in [-0.2, 0) is 6.61 Å². The summed E-state index contributed by atoms with van der Waals surface area (Å²) in [5, 5.41) is 26.7. The second-order valence-electron chi connectivity index (χ2n) is 5.18. The first-order chi connectivity index (χ1) is 11.1. The molecule has 2 aromatic carbocycles. The van der Waals surface area contributed by atoms with Gasteiger partial charge in [0, 0.05) is 5.56 Å². The molecule has 0 aliphatic carbocycles. The van der Waals surface area contributed by atoms with Crippen LogP contribution in [0.5, 0.6) is 0 Å². The topological polar surface area (TPSA) is 88.2 Å². The molecule has 3 rings (SSSR count). The minimum atomic E-state index is -1.01. The van der Waals surface area contributed by atoms with Crippen molar-refractivity contribution in [1.29, 1.82) is 0 Å². The Hall–Kier alpha value is -2.99. The maximum Gasteiger partial charge on any atom is 0.335 e.